The van der Waals surface area contributed by atoms with Gasteiger partial charge in [0.1, 0.15) is 15.1 Å². The molecule has 11 nitrogen and oxygen atoms in total. The van der Waals surface area contributed by atoms with Gasteiger partial charge in [-0.3, -0.25) is 4.52 Å². The Morgan fingerprint density at radius 3 is 2.14 bits per heavy atom. The minimum absolute atomic E-state index is 0.0565. The fraction of sp³-hybridized carbons (Fsp3) is 0.500. The highest BCUT2D eigenvalue weighted by Gasteiger charge is 2.35. The van der Waals surface area contributed by atoms with E-state index >= 15 is 0 Å². The molecule has 1 aliphatic rings. The van der Waals surface area contributed by atoms with Gasteiger partial charge in [-0.05, 0) is 42.5 Å². The van der Waals surface area contributed by atoms with Crippen molar-refractivity contribution in [3.8, 4) is 0 Å². The second-order valence-corrected chi connectivity index (χ2v) is 16.4. The maximum absolute atomic E-state index is 13.7. The van der Waals surface area contributed by atoms with E-state index < -0.39 is 34.6 Å². The number of anilines is 2. The van der Waals surface area contributed by atoms with Gasteiger partial charge >= 0.3 is 7.82 Å². The van der Waals surface area contributed by atoms with E-state index in [0.717, 1.165) is 23.2 Å². The summed E-state index contributed by atoms with van der Waals surface area (Å²) in [6.45, 7) is 4.42. The van der Waals surface area contributed by atoms with Gasteiger partial charge in [-0.25, -0.2) is 30.0 Å². The third-order valence-electron chi connectivity index (χ3n) is 5.85. The molecule has 16 heteroatoms. The topological polar surface area (TPSA) is 145 Å². The Balaban J connectivity index is 2.13. The first-order chi connectivity index (χ1) is 16.5. The van der Waals surface area contributed by atoms with Crippen molar-refractivity contribution in [1.82, 2.24) is 4.31 Å². The van der Waals surface area contributed by atoms with Crippen LogP contribution in [0.25, 0.3) is 0 Å². The van der Waals surface area contributed by atoms with Crippen LogP contribution in [0.2, 0.25) is 5.02 Å². The van der Waals surface area contributed by atoms with E-state index in [2.05, 4.69) is 18.4 Å². The van der Waals surface area contributed by atoms with Crippen molar-refractivity contribution < 1.29 is 35.7 Å². The molecule has 0 saturated carbocycles. The van der Waals surface area contributed by atoms with Gasteiger partial charge in [0.25, 0.3) is 20.0 Å². The molecular formula is C20H29ClN3O8PS3. The van der Waals surface area contributed by atoms with Crippen LogP contribution in [0, 0.1) is 5.41 Å². The molecule has 202 valence electrons. The van der Waals surface area contributed by atoms with Gasteiger partial charge in [0.2, 0.25) is 0 Å². The molecule has 0 amide bonds. The molecule has 1 aliphatic heterocycles. The van der Waals surface area contributed by atoms with E-state index in [1.165, 1.54) is 32.3 Å². The normalized spacial score (nSPS) is 16.9. The molecular weight excluding hydrogens is 573 g/mol. The predicted octanol–water partition coefficient (Wildman–Crippen LogP) is 3.54. The number of benzene rings is 1. The van der Waals surface area contributed by atoms with Gasteiger partial charge < -0.3 is 14.7 Å². The molecule has 0 aliphatic carbocycles. The molecule has 1 fully saturated rings. The molecule has 1 saturated heterocycles. The van der Waals surface area contributed by atoms with Gasteiger partial charge in [0.05, 0.1) is 16.4 Å². The number of nitrogens with zero attached hydrogens (tertiary/aromatic N) is 3. The number of hydrogen-bond donors (Lipinski definition) is 2. The maximum Gasteiger partial charge on any atom is 0.471 e. The number of thiophene rings is 1. The second-order valence-electron chi connectivity index (χ2n) is 9.22. The van der Waals surface area contributed by atoms with Gasteiger partial charge in [-0.2, -0.15) is 0 Å². The highest BCUT2D eigenvalue weighted by molar-refractivity contribution is 7.96. The Morgan fingerprint density at radius 2 is 1.61 bits per heavy atom. The zero-order valence-corrected chi connectivity index (χ0v) is 24.3. The fourth-order valence-electron chi connectivity index (χ4n) is 3.62. The predicted molar refractivity (Wildman–Crippen MR) is 140 cm³/mol. The number of halogens is 1. The average molecular weight is 602 g/mol. The molecule has 2 heterocycles. The average Bonchev–Trinajstić information content (AvgIpc) is 3.25. The van der Waals surface area contributed by atoms with Gasteiger partial charge in [-0.1, -0.05) is 31.5 Å². The van der Waals surface area contributed by atoms with Crippen molar-refractivity contribution in [2.75, 3.05) is 43.1 Å². The zero-order valence-electron chi connectivity index (χ0n) is 20.2. The van der Waals surface area contributed by atoms with Crippen LogP contribution in [0.4, 0.5) is 11.4 Å². The molecule has 1 aromatic heterocycles. The van der Waals surface area contributed by atoms with Gasteiger partial charge in [-0.15, -0.1) is 11.3 Å². The Kier molecular flexibility index (Phi) is 8.56. The first-order valence-corrected chi connectivity index (χ1v) is 16.3. The smallest absolute Gasteiger partial charge is 0.369 e. The number of rotatable bonds is 9. The highest BCUT2D eigenvalue weighted by atomic mass is 35.5. The number of phosphoric acid groups is 1. The molecule has 0 unspecified atom stereocenters. The molecule has 3 rings (SSSR count). The van der Waals surface area contributed by atoms with E-state index in [9.17, 15) is 31.2 Å². The van der Waals surface area contributed by atoms with Crippen LogP contribution < -0.4 is 9.21 Å². The lowest BCUT2D eigenvalue weighted by molar-refractivity contribution is 0.203. The van der Waals surface area contributed by atoms with Crippen LogP contribution in [0.1, 0.15) is 26.7 Å². The lowest BCUT2D eigenvalue weighted by atomic mass is 9.82. The monoisotopic (exact) mass is 601 g/mol. The zero-order chi connectivity index (χ0) is 27.1. The molecule has 0 atom stereocenters. The summed E-state index contributed by atoms with van der Waals surface area (Å²) in [5.74, 6) is 0. The fourth-order valence-corrected chi connectivity index (χ4v) is 8.63. The van der Waals surface area contributed by atoms with Gasteiger partial charge in [0, 0.05) is 27.2 Å². The molecule has 2 aromatic rings. The minimum Gasteiger partial charge on any atom is -0.369 e. The third-order valence-corrected chi connectivity index (χ3v) is 12.2. The SMILES string of the molecule is CN(C)S(=O)(=O)c1ccc(S(=O)(=O)N(COP(=O)(O)O)c2cccc(Cl)c2N2CCC(C)(C)CC2)s1. The van der Waals surface area contributed by atoms with Crippen molar-refractivity contribution in [2.45, 2.75) is 35.1 Å². The summed E-state index contributed by atoms with van der Waals surface area (Å²) in [4.78, 5) is 20.5. The summed E-state index contributed by atoms with van der Waals surface area (Å²) in [5, 5.41) is 0.255. The number of sulfonamides is 2. The maximum atomic E-state index is 13.7. The summed E-state index contributed by atoms with van der Waals surface area (Å²) in [6.07, 6.45) is 1.64. The highest BCUT2D eigenvalue weighted by Crippen LogP contribution is 2.44. The summed E-state index contributed by atoms with van der Waals surface area (Å²) < 4.78 is 69.7. The summed E-state index contributed by atoms with van der Waals surface area (Å²) >= 11 is 7.04. The van der Waals surface area contributed by atoms with Gasteiger partial charge in [0.15, 0.2) is 0 Å². The first kappa shape index (κ1) is 29.3. The van der Waals surface area contributed by atoms with Crippen molar-refractivity contribution in [3.05, 3.63) is 35.4 Å². The third kappa shape index (κ3) is 6.43. The molecule has 0 spiro atoms. The largest absolute Gasteiger partial charge is 0.471 e. The van der Waals surface area contributed by atoms with E-state index in [4.69, 9.17) is 11.6 Å². The Hall–Kier alpha value is -1.22. The number of para-hydroxylation sites is 1. The van der Waals surface area contributed by atoms with Crippen molar-refractivity contribution in [2.24, 2.45) is 5.41 Å². The van der Waals surface area contributed by atoms with Crippen LogP contribution in [0.15, 0.2) is 38.8 Å². The van der Waals surface area contributed by atoms with E-state index in [1.807, 2.05) is 4.90 Å². The molecule has 0 radical (unpaired) electrons. The molecule has 36 heavy (non-hydrogen) atoms. The minimum atomic E-state index is -5.06. The number of phosphoric ester groups is 1. The molecule has 0 bridgehead atoms. The van der Waals surface area contributed by atoms with Crippen LogP contribution in [-0.4, -0.2) is 64.8 Å². The molecule has 2 N–H and O–H groups in total. The van der Waals surface area contributed by atoms with Crippen molar-refractivity contribution >= 4 is 62.2 Å². The Bertz CT molecular complexity index is 1360. The number of hydrogen-bond acceptors (Lipinski definition) is 8. The van der Waals surface area contributed by atoms with Crippen molar-refractivity contribution in [1.29, 1.82) is 0 Å². The van der Waals surface area contributed by atoms with Crippen LogP contribution in [-0.2, 0) is 29.1 Å². The van der Waals surface area contributed by atoms with E-state index in [0.29, 0.717) is 34.4 Å². The summed E-state index contributed by atoms with van der Waals surface area (Å²) in [6, 6.07) is 6.88. The van der Waals surface area contributed by atoms with Crippen LogP contribution in [0.5, 0.6) is 0 Å². The Morgan fingerprint density at radius 1 is 1.06 bits per heavy atom. The van der Waals surface area contributed by atoms with Crippen LogP contribution in [0.3, 0.4) is 0 Å². The van der Waals surface area contributed by atoms with Crippen LogP contribution >= 0.6 is 30.8 Å². The Labute approximate surface area is 220 Å². The quantitative estimate of drug-likeness (QED) is 0.325. The van der Waals surface area contributed by atoms with E-state index in [1.54, 1.807) is 6.07 Å². The lowest BCUT2D eigenvalue weighted by Gasteiger charge is -2.40. The second kappa shape index (κ2) is 10.5. The summed E-state index contributed by atoms with van der Waals surface area (Å²) in [7, 11) is -10.9. The standard InChI is InChI=1S/C20H29ClN3O8PS3/c1-20(2)10-12-23(13-11-20)19-15(21)6-5-7-16(19)24(14-32-33(25,26)27)36(30,31)18-9-8-17(34-18)35(28,29)22(3)4/h5-9H,10-14H2,1-4H3,(H2,25,26,27). The van der Waals surface area contributed by atoms with Crippen molar-refractivity contribution in [3.63, 3.8) is 0 Å². The van der Waals surface area contributed by atoms with E-state index in [-0.39, 0.29) is 24.5 Å². The summed E-state index contributed by atoms with van der Waals surface area (Å²) in [5.41, 5.74) is 0.532. The first-order valence-electron chi connectivity index (χ1n) is 10.7. The lowest BCUT2D eigenvalue weighted by Crippen LogP contribution is -2.39. The molecule has 1 aromatic carbocycles. The number of piperidine rings is 1.